The van der Waals surface area contributed by atoms with E-state index in [0.717, 1.165) is 46.5 Å². The Morgan fingerprint density at radius 3 is 1.94 bits per heavy atom. The highest BCUT2D eigenvalue weighted by atomic mass is 32.2. The second-order valence-electron chi connectivity index (χ2n) is 6.20. The molecule has 0 saturated carbocycles. The van der Waals surface area contributed by atoms with Gasteiger partial charge in [0.1, 0.15) is 0 Å². The number of aromatic nitrogens is 3. The monoisotopic (exact) mass is 551 g/mol. The van der Waals surface area contributed by atoms with Gasteiger partial charge in [-0.25, -0.2) is 46.5 Å². The summed E-state index contributed by atoms with van der Waals surface area (Å²) in [5, 5.41) is 20.1. The Balaban J connectivity index is 0.000000566. The van der Waals surface area contributed by atoms with E-state index in [9.17, 15) is 21.6 Å². The number of aromatic amines is 1. The minimum absolute atomic E-state index is 0.155. The summed E-state index contributed by atoms with van der Waals surface area (Å²) in [5.41, 5.74) is 3.03. The number of fused-ring (bicyclic) bond motifs is 5. The highest BCUT2D eigenvalue weighted by Gasteiger charge is 2.09. The predicted octanol–water partition coefficient (Wildman–Crippen LogP) is 1.85. The Morgan fingerprint density at radius 1 is 0.971 bits per heavy atom. The average Bonchev–Trinajstić information content (AvgIpc) is 3.15. The van der Waals surface area contributed by atoms with Crippen LogP contribution in [0.2, 0.25) is 0 Å². The second kappa shape index (κ2) is 15.4. The van der Waals surface area contributed by atoms with Crippen molar-refractivity contribution in [3.8, 4) is 0 Å². The zero-order chi connectivity index (χ0) is 27.2. The molecule has 0 saturated heterocycles. The molecule has 0 aliphatic heterocycles. The number of para-hydroxylation sites is 3. The van der Waals surface area contributed by atoms with Gasteiger partial charge >= 0.3 is 5.69 Å². The largest absolute Gasteiger partial charge is 0.332 e. The van der Waals surface area contributed by atoms with Gasteiger partial charge in [0, 0.05) is 23.7 Å². The minimum Gasteiger partial charge on any atom is -0.306 e. The van der Waals surface area contributed by atoms with Gasteiger partial charge in [0.2, 0.25) is 20.0 Å². The quantitative estimate of drug-likeness (QED) is 0.161. The number of primary sulfonamides is 2. The van der Waals surface area contributed by atoms with Crippen LogP contribution in [0.4, 0.5) is 0 Å². The van der Waals surface area contributed by atoms with Crippen LogP contribution in [-0.4, -0.2) is 55.2 Å². The van der Waals surface area contributed by atoms with Gasteiger partial charge in [-0.3, -0.25) is 0 Å². The van der Waals surface area contributed by atoms with Crippen LogP contribution in [0.5, 0.6) is 0 Å². The van der Waals surface area contributed by atoms with Crippen LogP contribution < -0.4 is 16.0 Å². The van der Waals surface area contributed by atoms with Gasteiger partial charge in [0.25, 0.3) is 0 Å². The zero-order valence-electron chi connectivity index (χ0n) is 19.7. The molecule has 13 nitrogen and oxygen atoms in total. The molecule has 2 aromatic heterocycles. The van der Waals surface area contributed by atoms with E-state index in [-0.39, 0.29) is 5.69 Å². The lowest BCUT2D eigenvalue weighted by Gasteiger charge is -1.99. The first-order valence-electron chi connectivity index (χ1n) is 9.61. The third-order valence-electron chi connectivity index (χ3n) is 3.27. The topological polar surface area (TPSA) is 209 Å². The van der Waals surface area contributed by atoms with Crippen molar-refractivity contribution in [2.24, 2.45) is 10.3 Å². The summed E-state index contributed by atoms with van der Waals surface area (Å²) in [6, 6.07) is 15.3. The summed E-state index contributed by atoms with van der Waals surface area (Å²) in [6.07, 6.45) is 3.50. The summed E-state index contributed by atoms with van der Waals surface area (Å²) in [7, 11) is -6.33. The highest BCUT2D eigenvalue weighted by Crippen LogP contribution is 2.20. The van der Waals surface area contributed by atoms with Crippen molar-refractivity contribution in [2.45, 2.75) is 13.8 Å². The van der Waals surface area contributed by atoms with Crippen molar-refractivity contribution in [1.82, 2.24) is 14.4 Å². The molecule has 0 aliphatic carbocycles. The number of hydrogen-bond donors (Lipinski definition) is 4. The van der Waals surface area contributed by atoms with Crippen LogP contribution in [0.3, 0.4) is 0 Å². The first-order chi connectivity index (χ1) is 16.3. The molecule has 0 atom stereocenters. The van der Waals surface area contributed by atoms with Gasteiger partial charge in [-0.05, 0) is 24.3 Å². The number of benzene rings is 2. The molecule has 0 bridgehead atoms. The van der Waals surface area contributed by atoms with Crippen LogP contribution >= 0.6 is 12.0 Å². The molecule has 0 aliphatic rings. The smallest absolute Gasteiger partial charge is 0.306 e. The minimum atomic E-state index is -3.17. The maximum atomic E-state index is 12.1. The zero-order valence-corrected chi connectivity index (χ0v) is 22.1. The Labute approximate surface area is 207 Å². The van der Waals surface area contributed by atoms with E-state index in [0.29, 0.717) is 5.65 Å². The molecule has 6 N–H and O–H groups in total. The van der Waals surface area contributed by atoms with Crippen LogP contribution in [0.15, 0.2) is 53.3 Å². The predicted molar refractivity (Wildman–Crippen MR) is 139 cm³/mol. The molecule has 196 valence electrons. The fourth-order valence-corrected chi connectivity index (χ4v) is 2.46. The number of H-pyrrole nitrogens is 1. The number of rotatable bonds is 2. The Bertz CT molecular complexity index is 1420. The normalized spacial score (nSPS) is 10.6. The van der Waals surface area contributed by atoms with Crippen molar-refractivity contribution in [1.29, 1.82) is 0 Å². The molecule has 0 unspecified atom stereocenters. The summed E-state index contributed by atoms with van der Waals surface area (Å²) >= 11 is 0.929. The van der Waals surface area contributed by atoms with Gasteiger partial charge in [-0.2, -0.15) is 0 Å². The summed E-state index contributed by atoms with van der Waals surface area (Å²) in [5.74, 6) is 0. The molecule has 0 amide bonds. The SMILES string of the molecule is CC.CS(N)(=O)=O.CS(N)(=O)=O.CSOOO.O=c1[nH]c2ccccc2c2nc3ccccc3n12. The fraction of sp³-hybridized carbons (Fsp3) is 0.263. The van der Waals surface area contributed by atoms with Crippen LogP contribution in [0.1, 0.15) is 13.8 Å². The highest BCUT2D eigenvalue weighted by molar-refractivity contribution is 7.93. The van der Waals surface area contributed by atoms with Crippen LogP contribution in [0.25, 0.3) is 27.6 Å². The average molecular weight is 552 g/mol. The Morgan fingerprint density at radius 2 is 1.46 bits per heavy atom. The molecule has 2 aromatic carbocycles. The third kappa shape index (κ3) is 13.2. The van der Waals surface area contributed by atoms with Gasteiger partial charge < -0.3 is 4.98 Å². The van der Waals surface area contributed by atoms with E-state index in [1.54, 1.807) is 10.7 Å². The Kier molecular flexibility index (Phi) is 14.3. The van der Waals surface area contributed by atoms with E-state index >= 15 is 0 Å². The van der Waals surface area contributed by atoms with Gasteiger partial charge in [0.15, 0.2) is 5.65 Å². The number of nitrogens with one attached hydrogen (secondary N) is 1. The summed E-state index contributed by atoms with van der Waals surface area (Å²) in [4.78, 5) is 19.6. The van der Waals surface area contributed by atoms with Crippen molar-refractivity contribution >= 4 is 59.7 Å². The molecule has 4 rings (SSSR count). The molecule has 2 heterocycles. The summed E-state index contributed by atoms with van der Waals surface area (Å²) < 4.78 is 43.1. The van der Waals surface area contributed by atoms with E-state index in [1.807, 2.05) is 62.4 Å². The molecule has 35 heavy (non-hydrogen) atoms. The number of nitrogens with two attached hydrogens (primary N) is 2. The first kappa shape index (κ1) is 32.4. The van der Waals surface area contributed by atoms with Crippen molar-refractivity contribution in [2.75, 3.05) is 18.8 Å². The van der Waals surface area contributed by atoms with Crippen molar-refractivity contribution in [3.63, 3.8) is 0 Å². The lowest BCUT2D eigenvalue weighted by Crippen LogP contribution is -2.15. The molecule has 0 fully saturated rings. The molecule has 16 heteroatoms. The van der Waals surface area contributed by atoms with Gasteiger partial charge in [-0.1, -0.05) is 43.2 Å². The molecule has 0 radical (unpaired) electrons. The molecule has 0 spiro atoms. The van der Waals surface area contributed by atoms with E-state index in [4.69, 9.17) is 5.26 Å². The molecule has 4 aromatic rings. The summed E-state index contributed by atoms with van der Waals surface area (Å²) in [6.45, 7) is 4.00. The first-order valence-corrected chi connectivity index (χ1v) is 14.7. The lowest BCUT2D eigenvalue weighted by molar-refractivity contribution is -0.432. The molecular weight excluding hydrogens is 522 g/mol. The van der Waals surface area contributed by atoms with Crippen LogP contribution in [-0.2, 0) is 29.4 Å². The fourth-order valence-electron chi connectivity index (χ4n) is 2.40. The number of hydrogen-bond acceptors (Lipinski definition) is 10. The lowest BCUT2D eigenvalue weighted by atomic mass is 10.2. The van der Waals surface area contributed by atoms with E-state index in [2.05, 4.69) is 29.6 Å². The third-order valence-corrected chi connectivity index (χ3v) is 3.47. The number of imidazole rings is 1. The standard InChI is InChI=1S/C14H9N3O.C2H6.2CH5NO2S.CH4O3S/c18-14-16-10-6-2-1-5-9(10)13-15-11-7-3-4-8-12(11)17(13)14;1-2;2*1-5(2,3)4;1-5-4-3-2/h1-8H,(H,16,18);1-2H3;2*1H3,(H2,2,3,4);2H,1H3. The van der Waals surface area contributed by atoms with E-state index < -0.39 is 20.0 Å². The number of nitrogens with zero attached hydrogens (tertiary/aromatic N) is 2. The number of sulfonamides is 2. The van der Waals surface area contributed by atoms with Crippen LogP contribution in [0, 0.1) is 0 Å². The molecular formula is C19H29N5O8S3. The maximum absolute atomic E-state index is 12.1. The van der Waals surface area contributed by atoms with E-state index in [1.165, 1.54) is 0 Å². The van der Waals surface area contributed by atoms with Gasteiger partial charge in [0.05, 0.1) is 29.1 Å². The maximum Gasteiger partial charge on any atom is 0.332 e. The van der Waals surface area contributed by atoms with Crippen molar-refractivity contribution < 1.29 is 31.5 Å². The Hall–Kier alpha value is -2.57. The van der Waals surface area contributed by atoms with Gasteiger partial charge in [-0.15, -0.1) is 4.33 Å². The second-order valence-corrected chi connectivity index (χ2v) is 9.99. The van der Waals surface area contributed by atoms with Crippen molar-refractivity contribution in [3.05, 3.63) is 59.0 Å².